The van der Waals surface area contributed by atoms with E-state index < -0.39 is 15.3 Å². The van der Waals surface area contributed by atoms with Crippen LogP contribution in [-0.4, -0.2) is 9.13 Å². The summed E-state index contributed by atoms with van der Waals surface area (Å²) in [5.74, 6) is 0. The molecule has 0 aliphatic carbocycles. The Hall–Kier alpha value is -2.44. The number of aryl methyl sites for hydroxylation is 6. The molecule has 0 radical (unpaired) electrons. The Bertz CT molecular complexity index is 1410. The second-order valence-corrected chi connectivity index (χ2v) is 13.7. The molecular formula is C31H35ClN2Pd-2. The molecule has 1 heterocycles. The van der Waals surface area contributed by atoms with E-state index in [9.17, 15) is 0 Å². The Morgan fingerprint density at radius 1 is 0.771 bits per heavy atom. The van der Waals surface area contributed by atoms with Gasteiger partial charge in [0.2, 0.25) is 0 Å². The Kier molecular flexibility index (Phi) is 8.13. The van der Waals surface area contributed by atoms with Crippen molar-refractivity contribution in [3.63, 3.8) is 0 Å². The van der Waals surface area contributed by atoms with Crippen LogP contribution in [0.1, 0.15) is 44.5 Å². The first-order chi connectivity index (χ1) is 16.7. The number of imidazole rings is 1. The van der Waals surface area contributed by atoms with E-state index >= 15 is 0 Å². The summed E-state index contributed by atoms with van der Waals surface area (Å²) in [5, 5.41) is 0. The third-order valence-corrected chi connectivity index (χ3v) is 10.0. The van der Waals surface area contributed by atoms with Gasteiger partial charge in [0.05, 0.1) is 0 Å². The molecule has 4 heteroatoms. The number of benzene rings is 3. The number of hydrogen-bond acceptors (Lipinski definition) is 0. The van der Waals surface area contributed by atoms with Crippen molar-refractivity contribution in [1.82, 2.24) is 9.13 Å². The van der Waals surface area contributed by atoms with Crippen molar-refractivity contribution < 1.29 is 15.3 Å². The van der Waals surface area contributed by atoms with E-state index in [0.29, 0.717) is 0 Å². The average molecular weight is 578 g/mol. The Morgan fingerprint density at radius 3 is 1.94 bits per heavy atom. The van der Waals surface area contributed by atoms with Crippen LogP contribution in [0.15, 0.2) is 73.1 Å². The third kappa shape index (κ3) is 5.87. The van der Waals surface area contributed by atoms with Gasteiger partial charge in [-0.3, -0.25) is 0 Å². The van der Waals surface area contributed by atoms with Gasteiger partial charge >= 0.3 is 220 Å². The van der Waals surface area contributed by atoms with Crippen LogP contribution < -0.4 is 0 Å². The van der Waals surface area contributed by atoms with E-state index in [-0.39, 0.29) is 0 Å². The number of hydrogen-bond donors (Lipinski definition) is 0. The Morgan fingerprint density at radius 2 is 1.34 bits per heavy atom. The van der Waals surface area contributed by atoms with Gasteiger partial charge < -0.3 is 0 Å². The van der Waals surface area contributed by atoms with Crippen LogP contribution >= 0.6 is 9.53 Å². The predicted molar refractivity (Wildman–Crippen MR) is 147 cm³/mol. The summed E-state index contributed by atoms with van der Waals surface area (Å²) in [7, 11) is 7.30. The van der Waals surface area contributed by atoms with Crippen LogP contribution in [0.2, 0.25) is 4.89 Å². The van der Waals surface area contributed by atoms with Crippen molar-refractivity contribution in [2.75, 3.05) is 0 Å². The molecule has 0 atom stereocenters. The number of halogens is 1. The molecule has 4 aromatic rings. The third-order valence-electron chi connectivity index (χ3n) is 6.30. The molecule has 0 unspecified atom stereocenters. The molecule has 4 rings (SSSR count). The van der Waals surface area contributed by atoms with Gasteiger partial charge in [0.15, 0.2) is 0 Å². The molecule has 0 amide bonds. The van der Waals surface area contributed by atoms with Crippen molar-refractivity contribution in [3.8, 4) is 5.69 Å². The van der Waals surface area contributed by atoms with Crippen LogP contribution in [0, 0.1) is 45.4 Å². The number of nitrogens with zero attached hydrogens (tertiary/aromatic N) is 2. The molecule has 0 saturated heterocycles. The predicted octanol–water partition coefficient (Wildman–Crippen LogP) is 8.61. The van der Waals surface area contributed by atoms with Gasteiger partial charge in [-0.05, 0) is 0 Å². The molecule has 0 bridgehead atoms. The van der Waals surface area contributed by atoms with Crippen LogP contribution in [-0.2, 0) is 21.8 Å². The van der Waals surface area contributed by atoms with E-state index in [4.69, 9.17) is 9.53 Å². The summed E-state index contributed by atoms with van der Waals surface area (Å²) in [5.41, 5.74) is 11.7. The standard InChI is InChI=1S/C22H26N2.C9H9.ClH.Pd/c1-15-9-17(3)21(18(4)10-15)13-23-7-8-24(14-23)22-19(5)11-16(2)12-20(22)6;1-2-6-9-7-4-3-5-8-9;;/h7-12H,13H2,1-6H3;2-8H,1H2;1H;/q;;;-1/p-1. The first-order valence-electron chi connectivity index (χ1n) is 11.9. The van der Waals surface area contributed by atoms with Crippen molar-refractivity contribution in [2.24, 2.45) is 0 Å². The first kappa shape index (κ1) is 25.6. The molecule has 0 aliphatic rings. The summed E-state index contributed by atoms with van der Waals surface area (Å²) in [6.45, 7) is 14.0. The van der Waals surface area contributed by atoms with E-state index in [2.05, 4.69) is 124 Å². The van der Waals surface area contributed by atoms with Crippen molar-refractivity contribution in [2.45, 2.75) is 53.0 Å². The monoisotopic (exact) mass is 576 g/mol. The molecule has 0 saturated carbocycles. The van der Waals surface area contributed by atoms with Gasteiger partial charge in [-0.25, -0.2) is 0 Å². The quantitative estimate of drug-likeness (QED) is 0.203. The zero-order valence-corrected chi connectivity index (χ0v) is 23.8. The second-order valence-electron chi connectivity index (χ2n) is 9.36. The van der Waals surface area contributed by atoms with Crippen molar-refractivity contribution >= 4 is 15.6 Å². The Labute approximate surface area is 219 Å². The van der Waals surface area contributed by atoms with Crippen molar-refractivity contribution in [3.05, 3.63) is 121 Å². The minimum atomic E-state index is -1.56. The summed E-state index contributed by atoms with van der Waals surface area (Å²) in [4.78, 5) is 0.863. The first-order valence-corrected chi connectivity index (χ1v) is 15.8. The number of aromatic nitrogens is 2. The molecule has 0 fully saturated rings. The maximum absolute atomic E-state index is 7.30. The summed E-state index contributed by atoms with van der Waals surface area (Å²) in [6.07, 6.45) is 8.84. The van der Waals surface area contributed by atoms with Gasteiger partial charge in [-0.1, -0.05) is 0 Å². The normalized spacial score (nSPS) is 13.5. The zero-order valence-electron chi connectivity index (χ0n) is 21.5. The summed E-state index contributed by atoms with van der Waals surface area (Å²) < 4.78 is 5.96. The second kappa shape index (κ2) is 11.1. The molecule has 1 aromatic heterocycles. The van der Waals surface area contributed by atoms with E-state index in [0.717, 1.165) is 11.4 Å². The van der Waals surface area contributed by atoms with Crippen LogP contribution in [0.5, 0.6) is 0 Å². The average Bonchev–Trinajstić information content (AvgIpc) is 3.19. The van der Waals surface area contributed by atoms with Gasteiger partial charge in [0, 0.05) is 0 Å². The minimum absolute atomic E-state index is 0.831. The molecule has 35 heavy (non-hydrogen) atoms. The van der Waals surface area contributed by atoms with Gasteiger partial charge in [0.1, 0.15) is 0 Å². The molecule has 0 spiro atoms. The van der Waals surface area contributed by atoms with Crippen LogP contribution in [0.25, 0.3) is 11.8 Å². The number of rotatable bonds is 6. The molecule has 188 valence electrons. The Balaban J connectivity index is 1.85. The fraction of sp³-hybridized carbons (Fsp3) is 0.258. The SMILES string of the molecule is Cc1cc(C)c(Cn2ccn(-c3c(C)cc(C)cc3C)[c]2=[Pd-2]([Cl])[CH2]C=Cc2ccccc2)c(C)c1. The molecule has 0 aliphatic heterocycles. The fourth-order valence-corrected chi connectivity index (χ4v) is 8.18. The van der Waals surface area contributed by atoms with E-state index in [1.807, 2.05) is 6.07 Å². The van der Waals surface area contributed by atoms with Gasteiger partial charge in [-0.2, -0.15) is 0 Å². The summed E-state index contributed by atoms with van der Waals surface area (Å²) >= 11 is -1.56. The van der Waals surface area contributed by atoms with Crippen LogP contribution in [0.3, 0.4) is 0 Å². The topological polar surface area (TPSA) is 9.86 Å². The van der Waals surface area contributed by atoms with Gasteiger partial charge in [0.25, 0.3) is 0 Å². The zero-order chi connectivity index (χ0) is 25.1. The summed E-state index contributed by atoms with van der Waals surface area (Å²) in [6, 6.07) is 19.5. The van der Waals surface area contributed by atoms with Gasteiger partial charge in [-0.15, -0.1) is 0 Å². The van der Waals surface area contributed by atoms with E-state index in [1.54, 1.807) is 0 Å². The molecule has 0 N–H and O–H groups in total. The molecule has 2 nitrogen and oxygen atoms in total. The molecular weight excluding hydrogens is 542 g/mol. The molecule has 3 aromatic carbocycles. The number of allylic oxidation sites excluding steroid dienone is 1. The van der Waals surface area contributed by atoms with Crippen LogP contribution in [0.4, 0.5) is 0 Å². The fourth-order valence-electron chi connectivity index (χ4n) is 4.90. The maximum atomic E-state index is 7.30. The van der Waals surface area contributed by atoms with Crippen molar-refractivity contribution in [1.29, 1.82) is 0 Å². The van der Waals surface area contributed by atoms with E-state index in [1.165, 1.54) is 54.1 Å².